The summed E-state index contributed by atoms with van der Waals surface area (Å²) in [4.78, 5) is 15.0. The molecule has 1 rings (SSSR count). The molecule has 1 atom stereocenters. The van der Waals surface area contributed by atoms with E-state index in [9.17, 15) is 4.79 Å². The van der Waals surface area contributed by atoms with Crippen molar-refractivity contribution in [2.24, 2.45) is 0 Å². The van der Waals surface area contributed by atoms with Crippen LogP contribution >= 0.6 is 23.1 Å². The van der Waals surface area contributed by atoms with E-state index < -0.39 is 0 Å². The summed E-state index contributed by atoms with van der Waals surface area (Å²) in [6, 6.07) is 2.06. The third-order valence-electron chi connectivity index (χ3n) is 3.02. The van der Waals surface area contributed by atoms with Crippen LogP contribution in [0.5, 0.6) is 0 Å². The average Bonchev–Trinajstić information content (AvgIpc) is 2.92. The molecule has 1 N–H and O–H groups in total. The number of hydrogen-bond acceptors (Lipinski definition) is 4. The fraction of sp³-hybridized carbons (Fsp3) is 0.533. The number of hydrogen-bond donors (Lipinski definition) is 1. The van der Waals surface area contributed by atoms with Crippen LogP contribution < -0.4 is 0 Å². The van der Waals surface area contributed by atoms with E-state index in [-0.39, 0.29) is 18.6 Å². The number of rotatable bonds is 6. The van der Waals surface area contributed by atoms with Crippen LogP contribution in [0.4, 0.5) is 0 Å². The zero-order chi connectivity index (χ0) is 15.0. The van der Waals surface area contributed by atoms with E-state index in [4.69, 9.17) is 5.11 Å². The van der Waals surface area contributed by atoms with Crippen molar-refractivity contribution in [2.75, 3.05) is 25.7 Å². The first-order chi connectivity index (χ1) is 9.60. The highest BCUT2D eigenvalue weighted by atomic mass is 32.2. The minimum absolute atomic E-state index is 0.0464. The van der Waals surface area contributed by atoms with Gasteiger partial charge in [-0.25, -0.2) is 0 Å². The maximum Gasteiger partial charge on any atom is 0.254 e. The van der Waals surface area contributed by atoms with Gasteiger partial charge in [-0.1, -0.05) is 11.8 Å². The van der Waals surface area contributed by atoms with E-state index >= 15 is 0 Å². The second-order valence-corrected chi connectivity index (χ2v) is 6.42. The molecule has 5 heteroatoms. The molecule has 0 aromatic carbocycles. The van der Waals surface area contributed by atoms with Crippen molar-refractivity contribution in [1.82, 2.24) is 4.90 Å². The molecule has 0 aliphatic rings. The molecular formula is C15H21NO2S2. The first-order valence-electron chi connectivity index (χ1n) is 6.54. The van der Waals surface area contributed by atoms with E-state index in [0.29, 0.717) is 12.0 Å². The highest BCUT2D eigenvalue weighted by molar-refractivity contribution is 7.98. The zero-order valence-electron chi connectivity index (χ0n) is 12.2. The van der Waals surface area contributed by atoms with Crippen LogP contribution in [0.15, 0.2) is 11.4 Å². The van der Waals surface area contributed by atoms with Gasteiger partial charge in [-0.3, -0.25) is 4.79 Å². The van der Waals surface area contributed by atoms with E-state index in [1.54, 1.807) is 16.7 Å². The molecular weight excluding hydrogens is 290 g/mol. The van der Waals surface area contributed by atoms with Crippen molar-refractivity contribution in [3.05, 3.63) is 21.9 Å². The van der Waals surface area contributed by atoms with Gasteiger partial charge in [0.2, 0.25) is 0 Å². The lowest BCUT2D eigenvalue weighted by Gasteiger charge is -2.24. The van der Waals surface area contributed by atoms with Gasteiger partial charge in [0.25, 0.3) is 5.91 Å². The molecule has 0 spiro atoms. The molecule has 20 heavy (non-hydrogen) atoms. The summed E-state index contributed by atoms with van der Waals surface area (Å²) < 4.78 is 0. The lowest BCUT2D eigenvalue weighted by Crippen LogP contribution is -2.35. The van der Waals surface area contributed by atoms with Crippen LogP contribution in [0.25, 0.3) is 0 Å². The molecule has 0 bridgehead atoms. The van der Waals surface area contributed by atoms with Gasteiger partial charge < -0.3 is 10.0 Å². The van der Waals surface area contributed by atoms with E-state index in [2.05, 4.69) is 25.0 Å². The lowest BCUT2D eigenvalue weighted by molar-refractivity contribution is 0.0742. The molecule has 1 unspecified atom stereocenters. The lowest BCUT2D eigenvalue weighted by atomic mass is 10.2. The van der Waals surface area contributed by atoms with Crippen LogP contribution in [0, 0.1) is 11.8 Å². The molecule has 1 amide bonds. The summed E-state index contributed by atoms with van der Waals surface area (Å²) in [5.74, 6) is 6.93. The number of carbonyl (C=O) groups is 1. The minimum atomic E-state index is 0.0464. The highest BCUT2D eigenvalue weighted by Gasteiger charge is 2.18. The van der Waals surface area contributed by atoms with Gasteiger partial charge in [0.1, 0.15) is 0 Å². The Hall–Kier alpha value is -0.960. The van der Waals surface area contributed by atoms with Crippen molar-refractivity contribution in [3.63, 3.8) is 0 Å². The zero-order valence-corrected chi connectivity index (χ0v) is 13.8. The Morgan fingerprint density at radius 3 is 3.00 bits per heavy atom. The smallest absolute Gasteiger partial charge is 0.254 e. The molecule has 0 saturated carbocycles. The Labute approximate surface area is 129 Å². The summed E-state index contributed by atoms with van der Waals surface area (Å²) in [7, 11) is 1.85. The maximum atomic E-state index is 12.3. The number of amides is 1. The monoisotopic (exact) mass is 311 g/mol. The van der Waals surface area contributed by atoms with Crippen molar-refractivity contribution in [1.29, 1.82) is 0 Å². The summed E-state index contributed by atoms with van der Waals surface area (Å²) in [5.41, 5.74) is 0.696. The molecule has 0 radical (unpaired) electrons. The Morgan fingerprint density at radius 2 is 2.35 bits per heavy atom. The largest absolute Gasteiger partial charge is 0.395 e. The number of carbonyl (C=O) groups excluding carboxylic acids is 1. The predicted octanol–water partition coefficient (Wildman–Crippen LogP) is 2.70. The van der Waals surface area contributed by atoms with Gasteiger partial charge in [0.05, 0.1) is 17.0 Å². The Bertz CT molecular complexity index is 488. The molecule has 1 aromatic rings. The van der Waals surface area contributed by atoms with Crippen molar-refractivity contribution >= 4 is 29.0 Å². The number of aliphatic hydroxyl groups is 1. The van der Waals surface area contributed by atoms with Gasteiger partial charge >= 0.3 is 0 Å². The summed E-state index contributed by atoms with van der Waals surface area (Å²) in [6.07, 6.45) is 3.54. The fourth-order valence-corrected chi connectivity index (χ4v) is 2.93. The third kappa shape index (κ3) is 5.20. The van der Waals surface area contributed by atoms with Crippen LogP contribution in [0.2, 0.25) is 0 Å². The van der Waals surface area contributed by atoms with Gasteiger partial charge in [0, 0.05) is 24.9 Å². The summed E-state index contributed by atoms with van der Waals surface area (Å²) >= 11 is 3.26. The molecule has 1 heterocycles. The van der Waals surface area contributed by atoms with Crippen molar-refractivity contribution < 1.29 is 9.90 Å². The Balaban J connectivity index is 2.66. The Morgan fingerprint density at radius 1 is 1.60 bits per heavy atom. The summed E-state index contributed by atoms with van der Waals surface area (Å²) in [5, 5.41) is 10.5. The SMILES string of the molecule is CSCCC(C)N(C)C(=O)c1csc(C#CCCO)c1. The fourth-order valence-electron chi connectivity index (χ4n) is 1.61. The number of nitrogens with zero attached hydrogens (tertiary/aromatic N) is 1. The minimum Gasteiger partial charge on any atom is -0.395 e. The molecule has 0 fully saturated rings. The third-order valence-corrected chi connectivity index (χ3v) is 4.51. The molecule has 3 nitrogen and oxygen atoms in total. The maximum absolute atomic E-state index is 12.3. The number of thiophene rings is 1. The molecule has 0 saturated heterocycles. The Kier molecular flexibility index (Phi) is 7.75. The van der Waals surface area contributed by atoms with Crippen LogP contribution in [0.3, 0.4) is 0 Å². The second kappa shape index (κ2) is 9.06. The van der Waals surface area contributed by atoms with Gasteiger partial charge in [-0.15, -0.1) is 11.3 Å². The molecule has 0 aliphatic carbocycles. The topological polar surface area (TPSA) is 40.5 Å². The molecule has 0 aliphatic heterocycles. The molecule has 110 valence electrons. The quantitative estimate of drug-likeness (QED) is 0.821. The molecule has 1 aromatic heterocycles. The number of thioether (sulfide) groups is 1. The van der Waals surface area contributed by atoms with Crippen LogP contribution in [0.1, 0.15) is 35.0 Å². The van der Waals surface area contributed by atoms with Crippen molar-refractivity contribution in [3.8, 4) is 11.8 Å². The predicted molar refractivity (Wildman–Crippen MR) is 87.5 cm³/mol. The second-order valence-electron chi connectivity index (χ2n) is 4.52. The number of aliphatic hydroxyl groups excluding tert-OH is 1. The van der Waals surface area contributed by atoms with Gasteiger partial charge in [-0.05, 0) is 31.4 Å². The first-order valence-corrected chi connectivity index (χ1v) is 8.81. The average molecular weight is 311 g/mol. The summed E-state index contributed by atoms with van der Waals surface area (Å²) in [6.45, 7) is 2.14. The van der Waals surface area contributed by atoms with Crippen LogP contribution in [-0.4, -0.2) is 47.6 Å². The van der Waals surface area contributed by atoms with E-state index in [1.807, 2.05) is 18.5 Å². The standard InChI is InChI=1S/C15H21NO2S2/c1-12(7-9-19-3)16(2)15(18)13-10-14(20-11-13)6-4-5-8-17/h10-12,17H,5,7-9H2,1-3H3. The first kappa shape index (κ1) is 17.1. The highest BCUT2D eigenvalue weighted by Crippen LogP contribution is 2.17. The van der Waals surface area contributed by atoms with E-state index in [1.165, 1.54) is 11.3 Å². The van der Waals surface area contributed by atoms with Gasteiger partial charge in [-0.2, -0.15) is 11.8 Å². The van der Waals surface area contributed by atoms with Gasteiger partial charge in [0.15, 0.2) is 0 Å². The van der Waals surface area contributed by atoms with Crippen LogP contribution in [-0.2, 0) is 0 Å². The normalized spacial score (nSPS) is 11.6. The van der Waals surface area contributed by atoms with E-state index in [0.717, 1.165) is 17.1 Å². The van der Waals surface area contributed by atoms with Crippen molar-refractivity contribution in [2.45, 2.75) is 25.8 Å².